The van der Waals surface area contributed by atoms with E-state index in [0.29, 0.717) is 36.7 Å². The van der Waals surface area contributed by atoms with E-state index in [1.807, 2.05) is 80.7 Å². The van der Waals surface area contributed by atoms with Gasteiger partial charge in [0, 0.05) is 43.5 Å². The van der Waals surface area contributed by atoms with Gasteiger partial charge in [0.1, 0.15) is 17.4 Å². The molecule has 44 heavy (non-hydrogen) atoms. The molecule has 8 heteroatoms. The number of hydrogen-bond acceptors (Lipinski definition) is 5. The number of H-pyrrole nitrogens is 1. The smallest absolute Gasteiger partial charge is 0.253 e. The third kappa shape index (κ3) is 6.07. The lowest BCUT2D eigenvalue weighted by Crippen LogP contribution is -2.36. The van der Waals surface area contributed by atoms with Crippen LogP contribution in [0.15, 0.2) is 97.2 Å². The Bertz CT molecular complexity index is 1730. The molecule has 1 aromatic heterocycles. The van der Waals surface area contributed by atoms with E-state index in [0.717, 1.165) is 46.7 Å². The summed E-state index contributed by atoms with van der Waals surface area (Å²) in [5.74, 6) is 1.21. The van der Waals surface area contributed by atoms with Gasteiger partial charge in [-0.2, -0.15) is 0 Å². The number of halogens is 1. The average molecular weight is 591 g/mol. The number of carbonyl (C=O) groups is 1. The first-order chi connectivity index (χ1) is 21.4. The fraction of sp³-hybridized carbons (Fsp3) is 0.222. The number of nitrogens with zero attached hydrogens (tertiary/aromatic N) is 3. The third-order valence-corrected chi connectivity index (χ3v) is 8.16. The van der Waals surface area contributed by atoms with Gasteiger partial charge in [0.05, 0.1) is 11.7 Å². The number of nitrogens with one attached hydrogen (secondary N) is 1. The molecule has 5 aromatic rings. The van der Waals surface area contributed by atoms with Crippen LogP contribution in [0.5, 0.6) is 17.2 Å². The highest BCUT2D eigenvalue weighted by atomic mass is 19.1. The molecule has 0 saturated heterocycles. The molecule has 2 heterocycles. The molecule has 0 spiro atoms. The molecule has 1 aliphatic heterocycles. The molecule has 2 N–H and O–H groups in total. The second-order valence-corrected chi connectivity index (χ2v) is 10.9. The van der Waals surface area contributed by atoms with Crippen molar-refractivity contribution < 1.29 is 19.0 Å². The number of aromatic amines is 1. The number of imidazole rings is 1. The number of hydrogen-bond donors (Lipinski definition) is 2. The van der Waals surface area contributed by atoms with E-state index in [1.165, 1.54) is 24.3 Å². The molecule has 0 bridgehead atoms. The van der Waals surface area contributed by atoms with Gasteiger partial charge in [0.2, 0.25) is 0 Å². The Balaban J connectivity index is 1.36. The standard InChI is InChI=1S/C36H35FN4O3/c1-3-40(4-2)36(43)26-12-10-24(11-13-26)34-31-21-33(44-30-16-14-28(37)15-17-30)32(42)20-27(31)18-19-41(34)23-29-22-38-35(39-29)25-8-6-5-7-9-25/h5-17,20-22,34,42H,3-4,18-19,23H2,1-2H3,(H,38,39). The first kappa shape index (κ1) is 29.1. The number of rotatable bonds is 9. The number of carbonyl (C=O) groups excluding carboxylic acids is 1. The lowest BCUT2D eigenvalue weighted by atomic mass is 9.87. The first-order valence-corrected chi connectivity index (χ1v) is 15.0. The second kappa shape index (κ2) is 12.7. The highest BCUT2D eigenvalue weighted by Crippen LogP contribution is 2.42. The molecule has 0 aliphatic carbocycles. The number of phenols is 1. The number of aromatic hydroxyl groups is 1. The van der Waals surface area contributed by atoms with Crippen LogP contribution in [-0.4, -0.2) is 50.4 Å². The van der Waals surface area contributed by atoms with Gasteiger partial charge in [-0.3, -0.25) is 9.69 Å². The summed E-state index contributed by atoms with van der Waals surface area (Å²) in [5, 5.41) is 10.9. The van der Waals surface area contributed by atoms with Gasteiger partial charge in [0.25, 0.3) is 5.91 Å². The molecule has 1 unspecified atom stereocenters. The molecule has 0 fully saturated rings. The molecule has 1 aliphatic rings. The zero-order valence-electron chi connectivity index (χ0n) is 24.8. The Kier molecular flexibility index (Phi) is 8.43. The van der Waals surface area contributed by atoms with Crippen molar-refractivity contribution in [2.45, 2.75) is 32.9 Å². The maximum Gasteiger partial charge on any atom is 0.253 e. The lowest BCUT2D eigenvalue weighted by Gasteiger charge is -2.37. The van der Waals surface area contributed by atoms with Crippen molar-refractivity contribution in [3.05, 3.63) is 131 Å². The van der Waals surface area contributed by atoms with Gasteiger partial charge < -0.3 is 19.7 Å². The monoisotopic (exact) mass is 590 g/mol. The number of aromatic nitrogens is 2. The van der Waals surface area contributed by atoms with E-state index >= 15 is 0 Å². The number of fused-ring (bicyclic) bond motifs is 1. The van der Waals surface area contributed by atoms with E-state index in [9.17, 15) is 14.3 Å². The Morgan fingerprint density at radius 3 is 2.45 bits per heavy atom. The van der Waals surface area contributed by atoms with Crippen LogP contribution < -0.4 is 4.74 Å². The summed E-state index contributed by atoms with van der Waals surface area (Å²) < 4.78 is 19.5. The lowest BCUT2D eigenvalue weighted by molar-refractivity contribution is 0.0773. The van der Waals surface area contributed by atoms with Gasteiger partial charge >= 0.3 is 0 Å². The predicted octanol–water partition coefficient (Wildman–Crippen LogP) is 7.34. The Morgan fingerprint density at radius 1 is 1.02 bits per heavy atom. The molecule has 1 atom stereocenters. The van der Waals surface area contributed by atoms with Gasteiger partial charge in [0.15, 0.2) is 11.5 Å². The normalized spacial score (nSPS) is 14.7. The minimum Gasteiger partial charge on any atom is -0.504 e. The van der Waals surface area contributed by atoms with Gasteiger partial charge in [-0.25, -0.2) is 9.37 Å². The molecule has 4 aromatic carbocycles. The highest BCUT2D eigenvalue weighted by Gasteiger charge is 2.31. The number of benzene rings is 4. The van der Waals surface area contributed by atoms with E-state index in [-0.39, 0.29) is 23.5 Å². The van der Waals surface area contributed by atoms with Crippen molar-refractivity contribution in [3.8, 4) is 28.6 Å². The third-order valence-electron chi connectivity index (χ3n) is 8.16. The average Bonchev–Trinajstić information content (AvgIpc) is 3.52. The van der Waals surface area contributed by atoms with Crippen LogP contribution in [0.25, 0.3) is 11.4 Å². The van der Waals surface area contributed by atoms with Crippen molar-refractivity contribution in [1.82, 2.24) is 19.8 Å². The summed E-state index contributed by atoms with van der Waals surface area (Å²) in [6.45, 7) is 6.58. The van der Waals surface area contributed by atoms with Crippen molar-refractivity contribution in [1.29, 1.82) is 0 Å². The quantitative estimate of drug-likeness (QED) is 0.188. The Labute approximate surface area is 256 Å². The van der Waals surface area contributed by atoms with Crippen LogP contribution in [0, 0.1) is 5.82 Å². The first-order valence-electron chi connectivity index (χ1n) is 15.0. The van der Waals surface area contributed by atoms with Crippen molar-refractivity contribution in [2.75, 3.05) is 19.6 Å². The number of ether oxygens (including phenoxy) is 1. The van der Waals surface area contributed by atoms with Crippen LogP contribution in [0.4, 0.5) is 4.39 Å². The Morgan fingerprint density at radius 2 is 1.75 bits per heavy atom. The van der Waals surface area contributed by atoms with Gasteiger partial charge in [-0.15, -0.1) is 0 Å². The fourth-order valence-electron chi connectivity index (χ4n) is 5.85. The van der Waals surface area contributed by atoms with Crippen LogP contribution in [0.3, 0.4) is 0 Å². The van der Waals surface area contributed by atoms with Crippen LogP contribution in [0.2, 0.25) is 0 Å². The maximum atomic E-state index is 13.5. The summed E-state index contributed by atoms with van der Waals surface area (Å²) in [6.07, 6.45) is 2.67. The second-order valence-electron chi connectivity index (χ2n) is 10.9. The summed E-state index contributed by atoms with van der Waals surface area (Å²) in [4.78, 5) is 25.4. The molecule has 1 amide bonds. The molecule has 0 radical (unpaired) electrons. The van der Waals surface area contributed by atoms with E-state index < -0.39 is 0 Å². The predicted molar refractivity (Wildman–Crippen MR) is 168 cm³/mol. The molecule has 0 saturated carbocycles. The van der Waals surface area contributed by atoms with E-state index in [1.54, 1.807) is 11.0 Å². The molecule has 6 rings (SSSR count). The van der Waals surface area contributed by atoms with Gasteiger partial charge in [-0.1, -0.05) is 42.5 Å². The fourth-order valence-corrected chi connectivity index (χ4v) is 5.85. The largest absolute Gasteiger partial charge is 0.504 e. The van der Waals surface area contributed by atoms with E-state index in [2.05, 4.69) is 9.88 Å². The van der Waals surface area contributed by atoms with E-state index in [4.69, 9.17) is 9.72 Å². The number of amides is 1. The number of phenolic OH excluding ortho intramolecular Hbond substituents is 1. The van der Waals surface area contributed by atoms with Gasteiger partial charge in [-0.05, 0) is 85.5 Å². The SMILES string of the molecule is CCN(CC)C(=O)c1ccc(C2c3cc(Oc4ccc(F)cc4)c(O)cc3CCN2Cc2c[nH]c(-c3ccccc3)n2)cc1. The zero-order valence-corrected chi connectivity index (χ0v) is 24.8. The topological polar surface area (TPSA) is 81.7 Å². The van der Waals surface area contributed by atoms with Crippen molar-refractivity contribution in [3.63, 3.8) is 0 Å². The molecule has 7 nitrogen and oxygen atoms in total. The van der Waals surface area contributed by atoms with Crippen LogP contribution >= 0.6 is 0 Å². The van der Waals surface area contributed by atoms with Crippen LogP contribution in [0.1, 0.15) is 52.6 Å². The van der Waals surface area contributed by atoms with Crippen molar-refractivity contribution >= 4 is 5.91 Å². The minimum absolute atomic E-state index is 0.00678. The molecular weight excluding hydrogens is 555 g/mol. The van der Waals surface area contributed by atoms with Crippen LogP contribution in [-0.2, 0) is 13.0 Å². The summed E-state index contributed by atoms with van der Waals surface area (Å²) in [5.41, 5.74) is 5.60. The zero-order chi connectivity index (χ0) is 30.6. The highest BCUT2D eigenvalue weighted by molar-refractivity contribution is 5.94. The van der Waals surface area contributed by atoms with Crippen molar-refractivity contribution in [2.24, 2.45) is 0 Å². The molecule has 224 valence electrons. The summed E-state index contributed by atoms with van der Waals surface area (Å²) >= 11 is 0. The summed E-state index contributed by atoms with van der Waals surface area (Å²) in [6, 6.07) is 27.0. The Hall–Kier alpha value is -4.95. The molecular formula is C36H35FN4O3. The minimum atomic E-state index is -0.362. The maximum absolute atomic E-state index is 13.5. The summed E-state index contributed by atoms with van der Waals surface area (Å²) in [7, 11) is 0.